The standard InChI is InChI=1S/C27H20Cl4N2OS/c28-20-13-21(29)15-22(14-20)32-27(35-24-7-2-1-3-8-24)33(16-18-5-4-6-23(34)11-18)17-19-9-10-25(30)26(31)12-19/h1-15,34H,16-17H2. The maximum atomic E-state index is 10.0. The van der Waals surface area contributed by atoms with Crippen LogP contribution in [-0.4, -0.2) is 15.2 Å². The SMILES string of the molecule is Oc1cccc(CN(Cc2ccc(Cl)c(Cl)c2)C(=Nc2cc(Cl)cc(Cl)c2)Sc2ccccc2)c1. The number of rotatable bonds is 6. The van der Waals surface area contributed by atoms with Crippen LogP contribution >= 0.6 is 58.2 Å². The molecule has 4 aromatic rings. The van der Waals surface area contributed by atoms with Crippen LogP contribution in [0.3, 0.4) is 0 Å². The van der Waals surface area contributed by atoms with Gasteiger partial charge < -0.3 is 10.0 Å². The van der Waals surface area contributed by atoms with Crippen LogP contribution < -0.4 is 0 Å². The largest absolute Gasteiger partial charge is 0.508 e. The molecule has 0 heterocycles. The van der Waals surface area contributed by atoms with Gasteiger partial charge in [-0.3, -0.25) is 0 Å². The highest BCUT2D eigenvalue weighted by molar-refractivity contribution is 8.13. The van der Waals surface area contributed by atoms with Gasteiger partial charge in [0.15, 0.2) is 5.17 Å². The first kappa shape index (κ1) is 25.7. The summed E-state index contributed by atoms with van der Waals surface area (Å²) < 4.78 is 0. The molecule has 0 atom stereocenters. The molecule has 0 bridgehead atoms. The Kier molecular flexibility index (Phi) is 8.88. The van der Waals surface area contributed by atoms with E-state index in [1.54, 1.807) is 36.4 Å². The quantitative estimate of drug-likeness (QED) is 0.145. The van der Waals surface area contributed by atoms with Crippen molar-refractivity contribution in [2.24, 2.45) is 4.99 Å². The predicted octanol–water partition coefficient (Wildman–Crippen LogP) is 9.49. The van der Waals surface area contributed by atoms with E-state index in [2.05, 4.69) is 4.90 Å². The Hall–Kier alpha value is -2.34. The van der Waals surface area contributed by atoms with Gasteiger partial charge in [-0.15, -0.1) is 0 Å². The molecule has 178 valence electrons. The molecule has 0 aromatic heterocycles. The second kappa shape index (κ2) is 12.1. The van der Waals surface area contributed by atoms with E-state index < -0.39 is 0 Å². The minimum atomic E-state index is 0.202. The number of aliphatic imine (C=N–C) groups is 1. The fourth-order valence-corrected chi connectivity index (χ4v) is 5.14. The van der Waals surface area contributed by atoms with Gasteiger partial charge >= 0.3 is 0 Å². The number of phenols is 1. The molecule has 0 aliphatic carbocycles. The first-order chi connectivity index (χ1) is 16.9. The number of hydrogen-bond acceptors (Lipinski definition) is 3. The monoisotopic (exact) mass is 560 g/mol. The lowest BCUT2D eigenvalue weighted by Gasteiger charge is -2.26. The summed E-state index contributed by atoms with van der Waals surface area (Å²) >= 11 is 26.5. The number of halogens is 4. The Morgan fingerprint density at radius 2 is 1.40 bits per heavy atom. The first-order valence-corrected chi connectivity index (χ1v) is 12.9. The number of nitrogens with zero attached hydrogens (tertiary/aromatic N) is 2. The lowest BCUT2D eigenvalue weighted by Crippen LogP contribution is -2.28. The van der Waals surface area contributed by atoms with Gasteiger partial charge in [0.1, 0.15) is 5.75 Å². The summed E-state index contributed by atoms with van der Waals surface area (Å²) in [4.78, 5) is 8.08. The minimum absolute atomic E-state index is 0.202. The van der Waals surface area contributed by atoms with E-state index in [9.17, 15) is 5.11 Å². The van der Waals surface area contributed by atoms with Crippen molar-refractivity contribution >= 4 is 69.0 Å². The fourth-order valence-electron chi connectivity index (χ4n) is 3.39. The van der Waals surface area contributed by atoms with Crippen molar-refractivity contribution in [3.05, 3.63) is 122 Å². The van der Waals surface area contributed by atoms with Crippen LogP contribution in [0.2, 0.25) is 20.1 Å². The summed E-state index contributed by atoms with van der Waals surface area (Å²) in [5.74, 6) is 0.202. The Labute approximate surface area is 228 Å². The van der Waals surface area contributed by atoms with Crippen molar-refractivity contribution in [2.75, 3.05) is 0 Å². The topological polar surface area (TPSA) is 35.8 Å². The van der Waals surface area contributed by atoms with Crippen molar-refractivity contribution in [3.63, 3.8) is 0 Å². The van der Waals surface area contributed by atoms with Gasteiger partial charge in [-0.25, -0.2) is 4.99 Å². The number of benzene rings is 4. The third-order valence-electron chi connectivity index (χ3n) is 4.94. The van der Waals surface area contributed by atoms with Crippen LogP contribution in [0.5, 0.6) is 5.75 Å². The van der Waals surface area contributed by atoms with E-state index in [1.807, 2.05) is 54.6 Å². The molecule has 0 saturated heterocycles. The van der Waals surface area contributed by atoms with Crippen molar-refractivity contribution < 1.29 is 5.11 Å². The zero-order valence-corrected chi connectivity index (χ0v) is 22.2. The molecule has 0 saturated carbocycles. The molecule has 8 heteroatoms. The zero-order chi connectivity index (χ0) is 24.8. The number of phenolic OH excluding ortho intramolecular Hbond substituents is 1. The maximum absolute atomic E-state index is 10.0. The summed E-state index contributed by atoms with van der Waals surface area (Å²) in [5, 5.41) is 12.8. The Morgan fingerprint density at radius 3 is 2.06 bits per heavy atom. The number of hydrogen-bond donors (Lipinski definition) is 1. The van der Waals surface area contributed by atoms with Gasteiger partial charge in [0, 0.05) is 28.0 Å². The van der Waals surface area contributed by atoms with E-state index in [0.717, 1.165) is 21.2 Å². The second-order valence-electron chi connectivity index (χ2n) is 7.71. The van der Waals surface area contributed by atoms with Crippen molar-refractivity contribution in [3.8, 4) is 5.75 Å². The van der Waals surface area contributed by atoms with Crippen LogP contribution in [0.4, 0.5) is 5.69 Å². The average Bonchev–Trinajstić information content (AvgIpc) is 2.81. The van der Waals surface area contributed by atoms with Crippen LogP contribution in [0.15, 0.2) is 101 Å². The number of aromatic hydroxyl groups is 1. The van der Waals surface area contributed by atoms with Crippen LogP contribution in [0.25, 0.3) is 0 Å². The van der Waals surface area contributed by atoms with Gasteiger partial charge in [-0.05, 0) is 65.7 Å². The molecular weight excluding hydrogens is 542 g/mol. The minimum Gasteiger partial charge on any atom is -0.508 e. The Bertz CT molecular complexity index is 1330. The summed E-state index contributed by atoms with van der Waals surface area (Å²) in [7, 11) is 0. The average molecular weight is 562 g/mol. The molecule has 0 fully saturated rings. The van der Waals surface area contributed by atoms with E-state index >= 15 is 0 Å². The third kappa shape index (κ3) is 7.57. The number of thioether (sulfide) groups is 1. The smallest absolute Gasteiger partial charge is 0.169 e. The molecule has 1 N–H and O–H groups in total. The zero-order valence-electron chi connectivity index (χ0n) is 18.3. The predicted molar refractivity (Wildman–Crippen MR) is 150 cm³/mol. The van der Waals surface area contributed by atoms with Crippen LogP contribution in [0, 0.1) is 0 Å². The molecule has 0 spiro atoms. The van der Waals surface area contributed by atoms with Gasteiger partial charge in [-0.1, -0.05) is 94.6 Å². The lowest BCUT2D eigenvalue weighted by atomic mass is 10.1. The molecule has 0 radical (unpaired) electrons. The van der Waals surface area contributed by atoms with E-state index in [0.29, 0.717) is 38.9 Å². The maximum Gasteiger partial charge on any atom is 0.169 e. The first-order valence-electron chi connectivity index (χ1n) is 10.6. The molecule has 35 heavy (non-hydrogen) atoms. The number of amidine groups is 1. The van der Waals surface area contributed by atoms with Gasteiger partial charge in [0.05, 0.1) is 15.7 Å². The molecule has 0 unspecified atom stereocenters. The molecular formula is C27H20Cl4N2OS. The van der Waals surface area contributed by atoms with E-state index in [4.69, 9.17) is 51.4 Å². The third-order valence-corrected chi connectivity index (χ3v) is 7.15. The summed E-state index contributed by atoms with van der Waals surface area (Å²) in [6.45, 7) is 0.987. The molecule has 0 aliphatic heterocycles. The Balaban J connectivity index is 1.79. The summed E-state index contributed by atoms with van der Waals surface area (Å²) in [6, 6.07) is 27.9. The van der Waals surface area contributed by atoms with Crippen molar-refractivity contribution in [2.45, 2.75) is 18.0 Å². The molecule has 4 aromatic carbocycles. The van der Waals surface area contributed by atoms with E-state index in [-0.39, 0.29) is 5.75 Å². The van der Waals surface area contributed by atoms with Gasteiger partial charge in [0.2, 0.25) is 0 Å². The Morgan fingerprint density at radius 1 is 0.714 bits per heavy atom. The van der Waals surface area contributed by atoms with Gasteiger partial charge in [0.25, 0.3) is 0 Å². The molecule has 4 rings (SSSR count). The van der Waals surface area contributed by atoms with Crippen LogP contribution in [0.1, 0.15) is 11.1 Å². The second-order valence-corrected chi connectivity index (χ2v) is 10.4. The highest BCUT2D eigenvalue weighted by atomic mass is 35.5. The molecule has 3 nitrogen and oxygen atoms in total. The van der Waals surface area contributed by atoms with E-state index in [1.165, 1.54) is 11.8 Å². The highest BCUT2D eigenvalue weighted by Gasteiger charge is 2.17. The van der Waals surface area contributed by atoms with Gasteiger partial charge in [-0.2, -0.15) is 0 Å². The van der Waals surface area contributed by atoms with Crippen molar-refractivity contribution in [1.82, 2.24) is 4.90 Å². The lowest BCUT2D eigenvalue weighted by molar-refractivity contribution is 0.412. The van der Waals surface area contributed by atoms with Crippen molar-refractivity contribution in [1.29, 1.82) is 0 Å². The summed E-state index contributed by atoms with van der Waals surface area (Å²) in [5.41, 5.74) is 2.52. The highest BCUT2D eigenvalue weighted by Crippen LogP contribution is 2.31. The molecule has 0 aliphatic rings. The summed E-state index contributed by atoms with van der Waals surface area (Å²) in [6.07, 6.45) is 0. The normalized spacial score (nSPS) is 11.5. The fraction of sp³-hybridized carbons (Fsp3) is 0.0741. The van der Waals surface area contributed by atoms with Crippen LogP contribution in [-0.2, 0) is 13.1 Å². The molecule has 0 amide bonds.